The zero-order valence-corrected chi connectivity index (χ0v) is 19.7. The van der Waals surface area contributed by atoms with Crippen LogP contribution in [0.1, 0.15) is 25.2 Å². The number of aromatic nitrogens is 2. The normalized spacial score (nSPS) is 10.4. The Morgan fingerprint density at radius 2 is 1.79 bits per heavy atom. The molecule has 5 nitrogen and oxygen atoms in total. The van der Waals surface area contributed by atoms with Crippen molar-refractivity contribution in [3.63, 3.8) is 0 Å². The Hall–Kier alpha value is -3.57. The molecule has 0 amide bonds. The quantitative estimate of drug-likeness (QED) is 0.345. The predicted octanol–water partition coefficient (Wildman–Crippen LogP) is 5.78. The highest BCUT2D eigenvalue weighted by Crippen LogP contribution is 2.19. The number of aryl methyl sites for hydroxylation is 1. The van der Waals surface area contributed by atoms with Gasteiger partial charge in [-0.1, -0.05) is 56.0 Å². The topological polar surface area (TPSA) is 59.1 Å². The highest BCUT2D eigenvalue weighted by atomic mass is 15.1. The minimum atomic E-state index is 0.665. The van der Waals surface area contributed by atoms with Crippen molar-refractivity contribution in [2.75, 3.05) is 29.9 Å². The fourth-order valence-electron chi connectivity index (χ4n) is 3.84. The maximum Gasteiger partial charge on any atom is 0.132 e. The number of anilines is 2. The number of fused-ring (bicyclic) bond motifs is 1. The Kier molecular flexibility index (Phi) is 9.09. The Morgan fingerprint density at radius 3 is 2.48 bits per heavy atom. The van der Waals surface area contributed by atoms with E-state index in [1.807, 2.05) is 10.8 Å². The average Bonchev–Trinajstić information content (AvgIpc) is 3.34. The molecule has 0 atom stereocenters. The number of imidazole rings is 1. The lowest BCUT2D eigenvalue weighted by Gasteiger charge is -2.22. The van der Waals surface area contributed by atoms with Crippen molar-refractivity contribution in [1.82, 2.24) is 9.55 Å². The third-order valence-electron chi connectivity index (χ3n) is 5.67. The van der Waals surface area contributed by atoms with Crippen LogP contribution in [0.25, 0.3) is 17.0 Å². The average molecular weight is 442 g/mol. The zero-order chi connectivity index (χ0) is 23.5. The summed E-state index contributed by atoms with van der Waals surface area (Å²) >= 11 is 0. The molecule has 0 fully saturated rings. The lowest BCUT2D eigenvalue weighted by molar-refractivity contribution is 0.817. The summed E-state index contributed by atoms with van der Waals surface area (Å²) in [6, 6.07) is 23.4. The van der Waals surface area contributed by atoms with Crippen molar-refractivity contribution in [3.05, 3.63) is 97.1 Å². The lowest BCUT2D eigenvalue weighted by atomic mass is 10.0. The molecule has 172 valence electrons. The van der Waals surface area contributed by atoms with E-state index in [0.717, 1.165) is 31.0 Å². The van der Waals surface area contributed by atoms with Crippen LogP contribution in [-0.2, 0) is 13.0 Å². The van der Waals surface area contributed by atoms with Gasteiger partial charge in [-0.2, -0.15) is 0 Å². The third kappa shape index (κ3) is 6.46. The standard InChI is InChI=1S/C16H23N5.C12H12/c1-3-20(11-9-17)15-7-5-14(6-8-15)19-13-16-18-10-12-21(16)4-2;1-2-10-7-5-8-11-6-3-4-9-12(10)11/h4-8,10,12,19H,2-3,9,11,13,17H2,1H3;3-9H,2H2,1H3. The van der Waals surface area contributed by atoms with Gasteiger partial charge in [-0.15, -0.1) is 0 Å². The summed E-state index contributed by atoms with van der Waals surface area (Å²) in [4.78, 5) is 6.55. The number of rotatable bonds is 9. The van der Waals surface area contributed by atoms with Crippen molar-refractivity contribution in [2.24, 2.45) is 5.73 Å². The first-order valence-corrected chi connectivity index (χ1v) is 11.6. The van der Waals surface area contributed by atoms with E-state index in [1.165, 1.54) is 22.0 Å². The molecular weight excluding hydrogens is 406 g/mol. The van der Waals surface area contributed by atoms with Gasteiger partial charge in [-0.25, -0.2) is 4.98 Å². The molecule has 4 aromatic rings. The Labute approximate surface area is 197 Å². The van der Waals surface area contributed by atoms with Gasteiger partial charge in [0.25, 0.3) is 0 Å². The number of hydrogen-bond acceptors (Lipinski definition) is 4. The van der Waals surface area contributed by atoms with Gasteiger partial charge >= 0.3 is 0 Å². The monoisotopic (exact) mass is 441 g/mol. The number of nitrogens with zero attached hydrogens (tertiary/aromatic N) is 3. The predicted molar refractivity (Wildman–Crippen MR) is 143 cm³/mol. The summed E-state index contributed by atoms with van der Waals surface area (Å²) < 4.78 is 1.90. The number of benzene rings is 3. The molecule has 0 aliphatic heterocycles. The van der Waals surface area contributed by atoms with Gasteiger partial charge in [-0.3, -0.25) is 0 Å². The first kappa shape index (κ1) is 24.1. The fraction of sp³-hybridized carbons (Fsp3) is 0.250. The van der Waals surface area contributed by atoms with Gasteiger partial charge in [0.15, 0.2) is 0 Å². The van der Waals surface area contributed by atoms with Gasteiger partial charge in [0.05, 0.1) is 6.54 Å². The van der Waals surface area contributed by atoms with Gasteiger partial charge < -0.3 is 20.5 Å². The smallest absolute Gasteiger partial charge is 0.132 e. The van der Waals surface area contributed by atoms with Crippen LogP contribution in [0.2, 0.25) is 0 Å². The maximum absolute atomic E-state index is 5.63. The van der Waals surface area contributed by atoms with Crippen LogP contribution in [0.5, 0.6) is 0 Å². The van der Waals surface area contributed by atoms with E-state index in [4.69, 9.17) is 5.73 Å². The van der Waals surface area contributed by atoms with Crippen molar-refractivity contribution < 1.29 is 0 Å². The fourth-order valence-corrected chi connectivity index (χ4v) is 3.84. The number of nitrogens with one attached hydrogen (secondary N) is 1. The van der Waals surface area contributed by atoms with Crippen molar-refractivity contribution in [3.8, 4) is 0 Å². The molecule has 33 heavy (non-hydrogen) atoms. The zero-order valence-electron chi connectivity index (χ0n) is 19.7. The summed E-state index contributed by atoms with van der Waals surface area (Å²) in [6.07, 6.45) is 6.52. The summed E-state index contributed by atoms with van der Waals surface area (Å²) in [7, 11) is 0. The van der Waals surface area contributed by atoms with Crippen LogP contribution in [0.15, 0.2) is 85.7 Å². The second-order valence-electron chi connectivity index (χ2n) is 7.69. The first-order valence-electron chi connectivity index (χ1n) is 11.6. The molecule has 0 saturated heterocycles. The van der Waals surface area contributed by atoms with E-state index in [9.17, 15) is 0 Å². The van der Waals surface area contributed by atoms with Crippen molar-refractivity contribution in [1.29, 1.82) is 0 Å². The second kappa shape index (κ2) is 12.5. The van der Waals surface area contributed by atoms with E-state index in [0.29, 0.717) is 13.1 Å². The number of nitrogens with two attached hydrogens (primary N) is 1. The van der Waals surface area contributed by atoms with Gasteiger partial charge in [0.2, 0.25) is 0 Å². The molecule has 0 bridgehead atoms. The highest BCUT2D eigenvalue weighted by Gasteiger charge is 2.04. The summed E-state index contributed by atoms with van der Waals surface area (Å²) in [6.45, 7) is 11.3. The Balaban J connectivity index is 0.000000215. The largest absolute Gasteiger partial charge is 0.378 e. The summed E-state index contributed by atoms with van der Waals surface area (Å²) in [5.41, 5.74) is 9.33. The summed E-state index contributed by atoms with van der Waals surface area (Å²) in [5.74, 6) is 0.937. The van der Waals surface area contributed by atoms with Crippen molar-refractivity contribution >= 4 is 28.3 Å². The van der Waals surface area contributed by atoms with Crippen LogP contribution in [0.4, 0.5) is 11.4 Å². The van der Waals surface area contributed by atoms with E-state index >= 15 is 0 Å². The maximum atomic E-state index is 5.63. The molecule has 0 spiro atoms. The molecule has 1 aromatic heterocycles. The highest BCUT2D eigenvalue weighted by molar-refractivity contribution is 5.85. The number of hydrogen-bond donors (Lipinski definition) is 2. The minimum Gasteiger partial charge on any atom is -0.378 e. The molecule has 3 aromatic carbocycles. The lowest BCUT2D eigenvalue weighted by Crippen LogP contribution is -2.28. The Bertz CT molecular complexity index is 1130. The second-order valence-corrected chi connectivity index (χ2v) is 7.69. The number of likely N-dealkylation sites (N-methyl/N-ethyl adjacent to an activating group) is 1. The van der Waals surface area contributed by atoms with E-state index < -0.39 is 0 Å². The van der Waals surface area contributed by atoms with Crippen LogP contribution in [-0.4, -0.2) is 29.2 Å². The van der Waals surface area contributed by atoms with Crippen LogP contribution in [0.3, 0.4) is 0 Å². The summed E-state index contributed by atoms with van der Waals surface area (Å²) in [5, 5.41) is 6.10. The molecule has 4 rings (SSSR count). The van der Waals surface area contributed by atoms with Gasteiger partial charge in [-0.05, 0) is 53.9 Å². The first-order chi connectivity index (χ1) is 16.2. The Morgan fingerprint density at radius 1 is 1.03 bits per heavy atom. The molecule has 0 saturated carbocycles. The molecular formula is C28H35N5. The molecule has 0 aliphatic carbocycles. The molecule has 0 unspecified atom stereocenters. The van der Waals surface area contributed by atoms with E-state index in [1.54, 1.807) is 12.4 Å². The SMILES string of the molecule is C=Cn1ccnc1CNc1ccc(N(CC)CCN)cc1.CCc1cccc2ccccc12. The van der Waals surface area contributed by atoms with Crippen LogP contribution < -0.4 is 16.0 Å². The molecule has 1 heterocycles. The molecule has 3 N–H and O–H groups in total. The van der Waals surface area contributed by atoms with E-state index in [2.05, 4.69) is 102 Å². The molecule has 0 aliphatic rings. The molecule has 0 radical (unpaired) electrons. The van der Waals surface area contributed by atoms with Crippen LogP contribution >= 0.6 is 0 Å². The minimum absolute atomic E-state index is 0.665. The van der Waals surface area contributed by atoms with Crippen LogP contribution in [0, 0.1) is 0 Å². The van der Waals surface area contributed by atoms with Crippen molar-refractivity contribution in [2.45, 2.75) is 26.8 Å². The molecule has 5 heteroatoms. The van der Waals surface area contributed by atoms with E-state index in [-0.39, 0.29) is 0 Å². The van der Waals surface area contributed by atoms with Gasteiger partial charge in [0, 0.05) is 49.6 Å². The van der Waals surface area contributed by atoms with Gasteiger partial charge in [0.1, 0.15) is 5.82 Å². The third-order valence-corrected chi connectivity index (χ3v) is 5.67.